The summed E-state index contributed by atoms with van der Waals surface area (Å²) in [4.78, 5) is 19.2. The summed E-state index contributed by atoms with van der Waals surface area (Å²) >= 11 is 0. The molecule has 0 radical (unpaired) electrons. The molecule has 1 unspecified atom stereocenters. The Hall–Kier alpha value is -0.530. The van der Waals surface area contributed by atoms with Crippen molar-refractivity contribution in [3.8, 4) is 0 Å². The van der Waals surface area contributed by atoms with Crippen LogP contribution in [0.25, 0.3) is 0 Å². The highest BCUT2D eigenvalue weighted by Gasteiger charge is 2.32. The van der Waals surface area contributed by atoms with Crippen LogP contribution in [0.2, 0.25) is 0 Å². The number of carbonyl (C=O) groups excluding carboxylic acids is 1. The Kier molecular flexibility index (Phi) is 10.0. The van der Waals surface area contributed by atoms with Crippen LogP contribution in [-0.2, 0) is 4.79 Å². The topological polar surface area (TPSA) is 56.7 Å². The monoisotopic (exact) mass is 450 g/mol. The van der Waals surface area contributed by atoms with E-state index >= 15 is 0 Å². The number of nitrogens with one attached hydrogen (secondary N) is 2. The van der Waals surface area contributed by atoms with Crippen molar-refractivity contribution < 1.29 is 4.79 Å². The number of amides is 1. The molecule has 1 aliphatic heterocycles. The van der Waals surface area contributed by atoms with Gasteiger partial charge in [0.15, 0.2) is 5.96 Å². The van der Waals surface area contributed by atoms with E-state index in [1.54, 1.807) is 0 Å². The third kappa shape index (κ3) is 6.76. The number of guanidine groups is 1. The summed E-state index contributed by atoms with van der Waals surface area (Å²) in [5.41, 5.74) is 0. The Labute approximate surface area is 164 Å². The van der Waals surface area contributed by atoms with E-state index in [-0.39, 0.29) is 24.0 Å². The lowest BCUT2D eigenvalue weighted by Crippen LogP contribution is -2.45. The first kappa shape index (κ1) is 21.5. The van der Waals surface area contributed by atoms with E-state index in [1.165, 1.54) is 12.8 Å². The van der Waals surface area contributed by atoms with Gasteiger partial charge in [-0.1, -0.05) is 26.7 Å². The van der Waals surface area contributed by atoms with Crippen molar-refractivity contribution >= 4 is 35.8 Å². The van der Waals surface area contributed by atoms with E-state index in [0.29, 0.717) is 23.8 Å². The van der Waals surface area contributed by atoms with E-state index in [1.807, 2.05) is 0 Å². The predicted molar refractivity (Wildman–Crippen MR) is 111 cm³/mol. The lowest BCUT2D eigenvalue weighted by atomic mass is 10.1. The standard InChI is InChI=1S/C18H34N4O.HI/c1-4-19-18(20-11-9-14(2)3)21-16-10-12-22(13-16)17(23)15-7-5-6-8-15;/h14-16H,4-13H2,1-3H3,(H2,19,20,21);1H. The van der Waals surface area contributed by atoms with Gasteiger partial charge in [-0.3, -0.25) is 9.79 Å². The molecular weight excluding hydrogens is 415 g/mol. The molecule has 0 spiro atoms. The van der Waals surface area contributed by atoms with E-state index in [0.717, 1.165) is 57.8 Å². The number of hydrogen-bond donors (Lipinski definition) is 2. The largest absolute Gasteiger partial charge is 0.357 e. The van der Waals surface area contributed by atoms with Gasteiger partial charge in [-0.25, -0.2) is 0 Å². The first-order valence-electron chi connectivity index (χ1n) is 9.43. The van der Waals surface area contributed by atoms with E-state index in [2.05, 4.69) is 41.3 Å². The summed E-state index contributed by atoms with van der Waals surface area (Å²) in [6, 6.07) is 0.331. The second kappa shape index (κ2) is 11.2. The Morgan fingerprint density at radius 1 is 1.25 bits per heavy atom. The maximum absolute atomic E-state index is 12.5. The molecule has 2 N–H and O–H groups in total. The van der Waals surface area contributed by atoms with Gasteiger partial charge in [0.05, 0.1) is 0 Å². The Balaban J connectivity index is 0.00000288. The zero-order chi connectivity index (χ0) is 16.7. The van der Waals surface area contributed by atoms with Crippen LogP contribution in [0.4, 0.5) is 0 Å². The maximum atomic E-state index is 12.5. The Morgan fingerprint density at radius 2 is 1.96 bits per heavy atom. The number of halogens is 1. The minimum atomic E-state index is 0. The minimum absolute atomic E-state index is 0. The highest BCUT2D eigenvalue weighted by molar-refractivity contribution is 14.0. The van der Waals surface area contributed by atoms with Crippen molar-refractivity contribution in [1.29, 1.82) is 0 Å². The summed E-state index contributed by atoms with van der Waals surface area (Å²) in [6.07, 6.45) is 6.75. The first-order valence-corrected chi connectivity index (χ1v) is 9.43. The van der Waals surface area contributed by atoms with E-state index in [4.69, 9.17) is 0 Å². The normalized spacial score (nSPS) is 21.9. The fourth-order valence-corrected chi connectivity index (χ4v) is 3.46. The summed E-state index contributed by atoms with van der Waals surface area (Å²) < 4.78 is 0. The fraction of sp³-hybridized carbons (Fsp3) is 0.889. The molecule has 0 aromatic rings. The second-order valence-electron chi connectivity index (χ2n) is 7.34. The molecule has 1 amide bonds. The van der Waals surface area contributed by atoms with Crippen molar-refractivity contribution in [2.75, 3.05) is 26.2 Å². The Morgan fingerprint density at radius 3 is 2.58 bits per heavy atom. The molecule has 5 nitrogen and oxygen atoms in total. The van der Waals surface area contributed by atoms with Crippen molar-refractivity contribution in [3.05, 3.63) is 0 Å². The van der Waals surface area contributed by atoms with Gasteiger partial charge in [-0.2, -0.15) is 0 Å². The van der Waals surface area contributed by atoms with Crippen LogP contribution < -0.4 is 10.6 Å². The van der Waals surface area contributed by atoms with Crippen molar-refractivity contribution in [2.24, 2.45) is 16.8 Å². The third-order valence-electron chi connectivity index (χ3n) is 4.87. The number of nitrogens with zero attached hydrogens (tertiary/aromatic N) is 2. The zero-order valence-electron chi connectivity index (χ0n) is 15.5. The highest BCUT2D eigenvalue weighted by Crippen LogP contribution is 2.27. The van der Waals surface area contributed by atoms with Gasteiger partial charge in [-0.15, -0.1) is 24.0 Å². The molecule has 1 saturated heterocycles. The molecule has 0 aromatic heterocycles. The summed E-state index contributed by atoms with van der Waals surface area (Å²) in [7, 11) is 0. The van der Waals surface area contributed by atoms with Gasteiger partial charge in [0, 0.05) is 38.1 Å². The summed E-state index contributed by atoms with van der Waals surface area (Å²) in [5, 5.41) is 6.83. The molecule has 0 bridgehead atoms. The van der Waals surface area contributed by atoms with Gasteiger partial charge in [0.2, 0.25) is 5.91 Å². The molecule has 140 valence electrons. The van der Waals surface area contributed by atoms with Crippen LogP contribution in [-0.4, -0.2) is 49.0 Å². The lowest BCUT2D eigenvalue weighted by Gasteiger charge is -2.21. The SMILES string of the molecule is CCNC(=NCCC(C)C)NC1CCN(C(=O)C2CCCC2)C1.I. The smallest absolute Gasteiger partial charge is 0.225 e. The third-order valence-corrected chi connectivity index (χ3v) is 4.87. The molecule has 2 fully saturated rings. The first-order chi connectivity index (χ1) is 11.1. The zero-order valence-corrected chi connectivity index (χ0v) is 17.8. The van der Waals surface area contributed by atoms with Crippen molar-refractivity contribution in [3.63, 3.8) is 0 Å². The Bertz CT molecular complexity index is 408. The predicted octanol–water partition coefficient (Wildman–Crippen LogP) is 3.00. The van der Waals surface area contributed by atoms with E-state index in [9.17, 15) is 4.79 Å². The molecule has 1 heterocycles. The molecular formula is C18H35IN4O. The van der Waals surface area contributed by atoms with Gasteiger partial charge in [-0.05, 0) is 38.5 Å². The number of likely N-dealkylation sites (tertiary alicyclic amines) is 1. The summed E-state index contributed by atoms with van der Waals surface area (Å²) in [5.74, 6) is 2.25. The molecule has 6 heteroatoms. The van der Waals surface area contributed by atoms with Gasteiger partial charge >= 0.3 is 0 Å². The number of carbonyl (C=O) groups is 1. The number of hydrogen-bond acceptors (Lipinski definition) is 2. The van der Waals surface area contributed by atoms with Crippen LogP contribution >= 0.6 is 24.0 Å². The molecule has 1 saturated carbocycles. The van der Waals surface area contributed by atoms with Crippen LogP contribution in [0.5, 0.6) is 0 Å². The van der Waals surface area contributed by atoms with Crippen LogP contribution in [0.3, 0.4) is 0 Å². The van der Waals surface area contributed by atoms with Crippen molar-refractivity contribution in [2.45, 2.75) is 65.3 Å². The lowest BCUT2D eigenvalue weighted by molar-refractivity contribution is -0.134. The number of rotatable bonds is 6. The molecule has 0 aromatic carbocycles. The average Bonchev–Trinajstić information content (AvgIpc) is 3.18. The molecule has 2 rings (SSSR count). The van der Waals surface area contributed by atoms with Crippen LogP contribution in [0, 0.1) is 11.8 Å². The molecule has 2 aliphatic rings. The summed E-state index contributed by atoms with van der Waals surface area (Å²) in [6.45, 7) is 9.96. The average molecular weight is 450 g/mol. The van der Waals surface area contributed by atoms with Crippen LogP contribution in [0.1, 0.15) is 59.3 Å². The van der Waals surface area contributed by atoms with Gasteiger partial charge in [0.1, 0.15) is 0 Å². The maximum Gasteiger partial charge on any atom is 0.225 e. The highest BCUT2D eigenvalue weighted by atomic mass is 127. The van der Waals surface area contributed by atoms with Gasteiger partial charge in [0.25, 0.3) is 0 Å². The molecule has 24 heavy (non-hydrogen) atoms. The second-order valence-corrected chi connectivity index (χ2v) is 7.34. The van der Waals surface area contributed by atoms with Crippen LogP contribution in [0.15, 0.2) is 4.99 Å². The fourth-order valence-electron chi connectivity index (χ4n) is 3.46. The minimum Gasteiger partial charge on any atom is -0.357 e. The van der Waals surface area contributed by atoms with Crippen molar-refractivity contribution in [1.82, 2.24) is 15.5 Å². The van der Waals surface area contributed by atoms with E-state index < -0.39 is 0 Å². The number of aliphatic imine (C=N–C) groups is 1. The van der Waals surface area contributed by atoms with Gasteiger partial charge < -0.3 is 15.5 Å². The quantitative estimate of drug-likeness (QED) is 0.372. The molecule has 1 aliphatic carbocycles. The molecule has 1 atom stereocenters.